The fraction of sp³-hybridized carbons (Fsp3) is 0.143. The zero-order valence-electron chi connectivity index (χ0n) is 6.56. The molecule has 0 fully saturated rings. The number of carbonyl (C=O) groups is 1. The molecule has 12 heavy (non-hydrogen) atoms. The highest BCUT2D eigenvalue weighted by atomic mass is 16.4. The van der Waals surface area contributed by atoms with E-state index < -0.39 is 7.12 Å². The lowest BCUT2D eigenvalue weighted by atomic mass is 9.82. The van der Waals surface area contributed by atoms with Gasteiger partial charge >= 0.3 is 7.12 Å². The van der Waals surface area contributed by atoms with Crippen molar-refractivity contribution in [3.63, 3.8) is 0 Å². The van der Waals surface area contributed by atoms with Crippen LogP contribution in [0, 0.1) is 6.92 Å². The molecular weight excluding hydrogens is 157 g/mol. The molecule has 0 saturated heterocycles. The molecule has 0 atom stereocenters. The summed E-state index contributed by atoms with van der Waals surface area (Å²) in [6, 6.07) is 1.55. The Kier molecular flexibility index (Phi) is 2.57. The van der Waals surface area contributed by atoms with Gasteiger partial charge in [-0.2, -0.15) is 0 Å². The zero-order chi connectivity index (χ0) is 9.14. The molecule has 0 aliphatic heterocycles. The summed E-state index contributed by atoms with van der Waals surface area (Å²) in [6.07, 6.45) is 1.96. The van der Waals surface area contributed by atoms with Crippen LogP contribution in [-0.4, -0.2) is 28.4 Å². The van der Waals surface area contributed by atoms with Gasteiger partial charge in [0.1, 0.15) is 0 Å². The van der Waals surface area contributed by atoms with Gasteiger partial charge in [0.25, 0.3) is 0 Å². The first kappa shape index (κ1) is 8.90. The van der Waals surface area contributed by atoms with Gasteiger partial charge in [0.2, 0.25) is 0 Å². The second-order valence-corrected chi connectivity index (χ2v) is 2.46. The van der Waals surface area contributed by atoms with Gasteiger partial charge in [-0.15, -0.1) is 0 Å². The molecule has 1 heterocycles. The van der Waals surface area contributed by atoms with Crippen molar-refractivity contribution in [3.05, 3.63) is 23.4 Å². The Morgan fingerprint density at radius 2 is 2.25 bits per heavy atom. The van der Waals surface area contributed by atoms with Gasteiger partial charge in [0, 0.05) is 11.8 Å². The van der Waals surface area contributed by atoms with Crippen LogP contribution in [0.1, 0.15) is 15.9 Å². The van der Waals surface area contributed by atoms with E-state index in [9.17, 15) is 4.79 Å². The second-order valence-electron chi connectivity index (χ2n) is 2.46. The lowest BCUT2D eigenvalue weighted by Crippen LogP contribution is -2.34. The summed E-state index contributed by atoms with van der Waals surface area (Å²) in [7, 11) is -1.58. The zero-order valence-corrected chi connectivity index (χ0v) is 6.56. The summed E-state index contributed by atoms with van der Waals surface area (Å²) in [5.74, 6) is 0. The number of rotatable bonds is 2. The topological polar surface area (TPSA) is 70.4 Å². The Balaban J connectivity index is 3.11. The van der Waals surface area contributed by atoms with Crippen LogP contribution in [0.15, 0.2) is 12.3 Å². The van der Waals surface area contributed by atoms with E-state index in [1.807, 2.05) is 0 Å². The molecule has 1 aromatic rings. The summed E-state index contributed by atoms with van der Waals surface area (Å²) in [5.41, 5.74) is 1.20. The maximum Gasteiger partial charge on any atom is 0.508 e. The first-order chi connectivity index (χ1) is 5.65. The maximum absolute atomic E-state index is 10.3. The molecule has 0 bridgehead atoms. The van der Waals surface area contributed by atoms with Crippen LogP contribution in [-0.2, 0) is 0 Å². The average molecular weight is 165 g/mol. The Hall–Kier alpha value is -1.20. The summed E-state index contributed by atoms with van der Waals surface area (Å²) >= 11 is 0. The third kappa shape index (κ3) is 1.69. The molecule has 0 amide bonds. The molecular formula is C7H8BNO3. The Labute approximate surface area is 70.0 Å². The largest absolute Gasteiger partial charge is 0.508 e. The summed E-state index contributed by atoms with van der Waals surface area (Å²) in [5, 5.41) is 17.5. The van der Waals surface area contributed by atoms with Crippen molar-refractivity contribution in [2.45, 2.75) is 6.92 Å². The monoisotopic (exact) mass is 165 g/mol. The van der Waals surface area contributed by atoms with Gasteiger partial charge in [0.05, 0.1) is 5.59 Å². The smallest absolute Gasteiger partial charge is 0.422 e. The van der Waals surface area contributed by atoms with Gasteiger partial charge in [-0.05, 0) is 18.6 Å². The molecule has 1 aromatic heterocycles. The predicted octanol–water partition coefficient (Wildman–Crippen LogP) is -1.12. The highest BCUT2D eigenvalue weighted by Crippen LogP contribution is 1.96. The molecule has 62 valence electrons. The molecule has 0 aliphatic carbocycles. The Morgan fingerprint density at radius 1 is 1.58 bits per heavy atom. The number of pyridine rings is 1. The van der Waals surface area contributed by atoms with E-state index in [1.165, 1.54) is 6.20 Å². The van der Waals surface area contributed by atoms with Crippen LogP contribution in [0.2, 0.25) is 0 Å². The molecule has 0 spiro atoms. The van der Waals surface area contributed by atoms with Crippen molar-refractivity contribution in [2.75, 3.05) is 0 Å². The number of hydrogen-bond donors (Lipinski definition) is 2. The predicted molar refractivity (Wildman–Crippen MR) is 44.2 cm³/mol. The summed E-state index contributed by atoms with van der Waals surface area (Å²) in [4.78, 5) is 14.0. The minimum Gasteiger partial charge on any atom is -0.422 e. The van der Waals surface area contributed by atoms with Crippen molar-refractivity contribution in [1.29, 1.82) is 0 Å². The molecule has 0 unspecified atom stereocenters. The standard InChI is InChI=1S/C7H8BNO3/c1-5-2-6(4-10)3-9-7(5)8(11)12/h2-4,11-12H,1H3. The molecule has 5 heteroatoms. The van der Waals surface area contributed by atoms with Crippen LogP contribution in [0.5, 0.6) is 0 Å². The van der Waals surface area contributed by atoms with Gasteiger partial charge in [-0.3, -0.25) is 9.78 Å². The molecule has 0 saturated carbocycles. The second kappa shape index (κ2) is 3.47. The van der Waals surface area contributed by atoms with E-state index in [2.05, 4.69) is 4.98 Å². The first-order valence-corrected chi connectivity index (χ1v) is 3.43. The van der Waals surface area contributed by atoms with Gasteiger partial charge in [-0.25, -0.2) is 0 Å². The van der Waals surface area contributed by atoms with E-state index in [0.29, 0.717) is 17.4 Å². The van der Waals surface area contributed by atoms with Gasteiger partial charge in [-0.1, -0.05) is 0 Å². The molecule has 4 nitrogen and oxygen atoms in total. The minimum atomic E-state index is -1.58. The van der Waals surface area contributed by atoms with Crippen LogP contribution in [0.3, 0.4) is 0 Å². The SMILES string of the molecule is Cc1cc(C=O)cnc1B(O)O. The van der Waals surface area contributed by atoms with Crippen LogP contribution < -0.4 is 5.59 Å². The lowest BCUT2D eigenvalue weighted by molar-refractivity contribution is 0.112. The van der Waals surface area contributed by atoms with Crippen LogP contribution >= 0.6 is 0 Å². The van der Waals surface area contributed by atoms with Gasteiger partial charge in [0.15, 0.2) is 6.29 Å². The minimum absolute atomic E-state index is 0.181. The maximum atomic E-state index is 10.3. The third-order valence-corrected chi connectivity index (χ3v) is 1.52. The normalized spacial score (nSPS) is 9.58. The number of hydrogen-bond acceptors (Lipinski definition) is 4. The molecule has 0 radical (unpaired) electrons. The van der Waals surface area contributed by atoms with Crippen molar-refractivity contribution < 1.29 is 14.8 Å². The highest BCUT2D eigenvalue weighted by molar-refractivity contribution is 6.58. The molecule has 1 rings (SSSR count). The van der Waals surface area contributed by atoms with Gasteiger partial charge < -0.3 is 10.0 Å². The number of nitrogens with zero attached hydrogens (tertiary/aromatic N) is 1. The fourth-order valence-electron chi connectivity index (χ4n) is 0.942. The molecule has 2 N–H and O–H groups in total. The summed E-state index contributed by atoms with van der Waals surface area (Å²) in [6.45, 7) is 1.66. The highest BCUT2D eigenvalue weighted by Gasteiger charge is 2.15. The van der Waals surface area contributed by atoms with Crippen LogP contribution in [0.4, 0.5) is 0 Å². The molecule has 0 aliphatic rings. The number of aldehydes is 1. The Bertz CT molecular complexity index is 301. The number of aromatic nitrogens is 1. The average Bonchev–Trinajstić information content (AvgIpc) is 2.03. The quantitative estimate of drug-likeness (QED) is 0.430. The van der Waals surface area contributed by atoms with Crippen molar-refractivity contribution >= 4 is 19.0 Å². The van der Waals surface area contributed by atoms with E-state index >= 15 is 0 Å². The van der Waals surface area contributed by atoms with Crippen molar-refractivity contribution in [3.8, 4) is 0 Å². The van der Waals surface area contributed by atoms with E-state index in [-0.39, 0.29) is 5.59 Å². The fourth-order valence-corrected chi connectivity index (χ4v) is 0.942. The van der Waals surface area contributed by atoms with Crippen LogP contribution in [0.25, 0.3) is 0 Å². The van der Waals surface area contributed by atoms with Crippen molar-refractivity contribution in [1.82, 2.24) is 4.98 Å². The van der Waals surface area contributed by atoms with E-state index in [4.69, 9.17) is 10.0 Å². The number of aryl methyl sites for hydroxylation is 1. The molecule has 0 aromatic carbocycles. The van der Waals surface area contributed by atoms with E-state index in [0.717, 1.165) is 0 Å². The first-order valence-electron chi connectivity index (χ1n) is 3.43. The lowest BCUT2D eigenvalue weighted by Gasteiger charge is -2.02. The van der Waals surface area contributed by atoms with Crippen molar-refractivity contribution in [2.24, 2.45) is 0 Å². The Morgan fingerprint density at radius 3 is 2.67 bits per heavy atom. The van der Waals surface area contributed by atoms with E-state index in [1.54, 1.807) is 13.0 Å². The summed E-state index contributed by atoms with van der Waals surface area (Å²) < 4.78 is 0. The number of carbonyl (C=O) groups excluding carboxylic acids is 1. The third-order valence-electron chi connectivity index (χ3n) is 1.52.